The summed E-state index contributed by atoms with van der Waals surface area (Å²) in [5.41, 5.74) is 1.13. The number of benzene rings is 1. The van der Waals surface area contributed by atoms with E-state index in [1.165, 1.54) is 0 Å². The Morgan fingerprint density at radius 2 is 2.04 bits per heavy atom. The number of amides is 1. The van der Waals surface area contributed by atoms with Crippen molar-refractivity contribution in [2.45, 2.75) is 26.3 Å². The number of carbonyl (C=O) groups excluding carboxylic acids is 1. The van der Waals surface area contributed by atoms with Gasteiger partial charge in [0.05, 0.1) is 13.2 Å². The number of hydrogen-bond donors (Lipinski definition) is 0. The molecule has 26 heavy (non-hydrogen) atoms. The summed E-state index contributed by atoms with van der Waals surface area (Å²) in [6, 6.07) is 8.03. The van der Waals surface area contributed by atoms with Crippen LogP contribution in [0, 0.1) is 12.8 Å². The van der Waals surface area contributed by atoms with Crippen LogP contribution in [0.15, 0.2) is 28.8 Å². The van der Waals surface area contributed by atoms with Crippen molar-refractivity contribution in [2.75, 3.05) is 32.8 Å². The number of hydrogen-bond acceptors (Lipinski definition) is 6. The van der Waals surface area contributed by atoms with Gasteiger partial charge >= 0.3 is 0 Å². The summed E-state index contributed by atoms with van der Waals surface area (Å²) in [4.78, 5) is 21.5. The average molecular weight is 356 g/mol. The van der Waals surface area contributed by atoms with E-state index in [0.29, 0.717) is 24.9 Å². The molecule has 1 unspecified atom stereocenters. The van der Waals surface area contributed by atoms with Gasteiger partial charge in [0.2, 0.25) is 11.8 Å². The summed E-state index contributed by atoms with van der Waals surface area (Å²) in [6.07, 6.45) is 1.53. The number of aromatic nitrogens is 2. The number of ether oxygens (including phenoxy) is 1. The highest BCUT2D eigenvalue weighted by atomic mass is 16.5. The van der Waals surface area contributed by atoms with E-state index in [2.05, 4.69) is 21.1 Å². The summed E-state index contributed by atoms with van der Waals surface area (Å²) < 4.78 is 10.8. The molecule has 1 saturated heterocycles. The molecule has 138 valence electrons. The van der Waals surface area contributed by atoms with Crippen LogP contribution < -0.4 is 4.74 Å². The molecule has 3 heterocycles. The first-order valence-corrected chi connectivity index (χ1v) is 9.20. The van der Waals surface area contributed by atoms with Crippen molar-refractivity contribution in [3.63, 3.8) is 0 Å². The Balaban J connectivity index is 1.33. The molecule has 1 amide bonds. The Morgan fingerprint density at radius 1 is 1.23 bits per heavy atom. The summed E-state index contributed by atoms with van der Waals surface area (Å²) in [5.74, 6) is 2.47. The molecular formula is C19H24N4O3. The maximum absolute atomic E-state index is 13.0. The second kappa shape index (κ2) is 7.45. The van der Waals surface area contributed by atoms with Crippen LogP contribution in [-0.4, -0.2) is 58.6 Å². The Hall–Kier alpha value is -2.41. The van der Waals surface area contributed by atoms with Gasteiger partial charge in [-0.25, -0.2) is 0 Å². The zero-order chi connectivity index (χ0) is 17.9. The van der Waals surface area contributed by atoms with E-state index in [-0.39, 0.29) is 11.8 Å². The summed E-state index contributed by atoms with van der Waals surface area (Å²) in [5, 5.41) is 3.95. The van der Waals surface area contributed by atoms with E-state index >= 15 is 0 Å². The Kier molecular flexibility index (Phi) is 4.88. The van der Waals surface area contributed by atoms with Crippen molar-refractivity contribution in [1.29, 1.82) is 0 Å². The summed E-state index contributed by atoms with van der Waals surface area (Å²) >= 11 is 0. The second-order valence-electron chi connectivity index (χ2n) is 6.98. The van der Waals surface area contributed by atoms with Gasteiger partial charge in [0.25, 0.3) is 0 Å². The van der Waals surface area contributed by atoms with Gasteiger partial charge in [0.1, 0.15) is 5.75 Å². The van der Waals surface area contributed by atoms with Crippen molar-refractivity contribution in [3.8, 4) is 5.75 Å². The fraction of sp³-hybridized carbons (Fsp3) is 0.526. The summed E-state index contributed by atoms with van der Waals surface area (Å²) in [6.45, 7) is 6.22. The molecule has 0 radical (unpaired) electrons. The van der Waals surface area contributed by atoms with Crippen LogP contribution in [0.4, 0.5) is 0 Å². The standard InChI is InChI=1S/C19H24N4O3/c1-14-20-18(21-26-14)13-22-7-9-23(10-8-22)19(24)16-6-11-25-17-5-3-2-4-15(17)12-16/h2-5,16H,6-13H2,1H3. The molecule has 0 saturated carbocycles. The Bertz CT molecular complexity index is 768. The third-order valence-electron chi connectivity index (χ3n) is 5.13. The predicted molar refractivity (Wildman–Crippen MR) is 94.6 cm³/mol. The van der Waals surface area contributed by atoms with E-state index in [4.69, 9.17) is 9.26 Å². The first-order chi connectivity index (χ1) is 12.7. The minimum absolute atomic E-state index is 0.00468. The van der Waals surface area contributed by atoms with Gasteiger partial charge in [-0.05, 0) is 24.5 Å². The van der Waals surface area contributed by atoms with E-state index < -0.39 is 0 Å². The predicted octanol–water partition coefficient (Wildman–Crippen LogP) is 1.66. The van der Waals surface area contributed by atoms with E-state index in [1.54, 1.807) is 6.92 Å². The zero-order valence-corrected chi connectivity index (χ0v) is 15.1. The number of nitrogens with zero attached hydrogens (tertiary/aromatic N) is 4. The highest BCUT2D eigenvalue weighted by Gasteiger charge is 2.30. The average Bonchev–Trinajstić information content (AvgIpc) is 2.94. The third kappa shape index (κ3) is 3.72. The van der Waals surface area contributed by atoms with Crippen LogP contribution in [-0.2, 0) is 17.8 Å². The fourth-order valence-electron chi connectivity index (χ4n) is 3.69. The minimum atomic E-state index is 0.00468. The van der Waals surface area contributed by atoms with Crippen molar-refractivity contribution in [2.24, 2.45) is 5.92 Å². The quantitative estimate of drug-likeness (QED) is 0.833. The lowest BCUT2D eigenvalue weighted by Gasteiger charge is -2.35. The molecule has 0 aliphatic carbocycles. The lowest BCUT2D eigenvalue weighted by atomic mass is 9.95. The Labute approximate surface area is 152 Å². The number of fused-ring (bicyclic) bond motifs is 1. The maximum Gasteiger partial charge on any atom is 0.226 e. The number of aryl methyl sites for hydroxylation is 1. The van der Waals surface area contributed by atoms with Crippen LogP contribution in [0.5, 0.6) is 5.75 Å². The van der Waals surface area contributed by atoms with Crippen molar-refractivity contribution in [1.82, 2.24) is 19.9 Å². The van der Waals surface area contributed by atoms with Crippen LogP contribution in [0.2, 0.25) is 0 Å². The first-order valence-electron chi connectivity index (χ1n) is 9.20. The Morgan fingerprint density at radius 3 is 2.81 bits per heavy atom. The van der Waals surface area contributed by atoms with Gasteiger partial charge in [0, 0.05) is 39.0 Å². The zero-order valence-electron chi connectivity index (χ0n) is 15.1. The number of rotatable bonds is 3. The highest BCUT2D eigenvalue weighted by molar-refractivity contribution is 5.79. The van der Waals surface area contributed by atoms with Crippen LogP contribution in [0.25, 0.3) is 0 Å². The first kappa shape index (κ1) is 17.0. The maximum atomic E-state index is 13.0. The minimum Gasteiger partial charge on any atom is -0.493 e. The molecule has 0 spiro atoms. The third-order valence-corrected chi connectivity index (χ3v) is 5.13. The molecule has 2 aromatic rings. The van der Waals surface area contributed by atoms with Gasteiger partial charge in [-0.3, -0.25) is 9.69 Å². The van der Waals surface area contributed by atoms with Gasteiger partial charge in [-0.2, -0.15) is 4.98 Å². The van der Waals surface area contributed by atoms with Crippen LogP contribution in [0.1, 0.15) is 23.7 Å². The topological polar surface area (TPSA) is 71.7 Å². The van der Waals surface area contributed by atoms with E-state index in [9.17, 15) is 4.79 Å². The van der Waals surface area contributed by atoms with Crippen molar-refractivity contribution >= 4 is 5.91 Å². The molecule has 7 heteroatoms. The molecular weight excluding hydrogens is 332 g/mol. The molecule has 0 bridgehead atoms. The lowest BCUT2D eigenvalue weighted by Crippen LogP contribution is -2.50. The molecule has 7 nitrogen and oxygen atoms in total. The van der Waals surface area contributed by atoms with Gasteiger partial charge in [-0.1, -0.05) is 23.4 Å². The summed E-state index contributed by atoms with van der Waals surface area (Å²) in [7, 11) is 0. The largest absolute Gasteiger partial charge is 0.493 e. The normalized spacial score (nSPS) is 21.0. The van der Waals surface area contributed by atoms with E-state index in [1.807, 2.05) is 23.1 Å². The van der Waals surface area contributed by atoms with Gasteiger partial charge in [-0.15, -0.1) is 0 Å². The van der Waals surface area contributed by atoms with E-state index in [0.717, 1.165) is 50.3 Å². The van der Waals surface area contributed by atoms with Crippen molar-refractivity contribution < 1.29 is 14.1 Å². The lowest BCUT2D eigenvalue weighted by molar-refractivity contribution is -0.137. The fourth-order valence-corrected chi connectivity index (χ4v) is 3.69. The monoisotopic (exact) mass is 356 g/mol. The number of carbonyl (C=O) groups is 1. The molecule has 4 rings (SSSR count). The van der Waals surface area contributed by atoms with Gasteiger partial charge in [0.15, 0.2) is 5.82 Å². The highest BCUT2D eigenvalue weighted by Crippen LogP contribution is 2.27. The smallest absolute Gasteiger partial charge is 0.226 e. The molecule has 1 fully saturated rings. The molecule has 2 aliphatic heterocycles. The molecule has 2 aliphatic rings. The SMILES string of the molecule is Cc1nc(CN2CCN(C(=O)C3CCOc4ccccc4C3)CC2)no1. The van der Waals surface area contributed by atoms with Crippen LogP contribution in [0.3, 0.4) is 0 Å². The van der Waals surface area contributed by atoms with Crippen LogP contribution >= 0.6 is 0 Å². The molecule has 1 aromatic heterocycles. The number of para-hydroxylation sites is 1. The van der Waals surface area contributed by atoms with Gasteiger partial charge < -0.3 is 14.2 Å². The molecule has 1 atom stereocenters. The second-order valence-corrected chi connectivity index (χ2v) is 6.98. The molecule has 0 N–H and O–H groups in total. The number of piperazine rings is 1. The van der Waals surface area contributed by atoms with Crippen molar-refractivity contribution in [3.05, 3.63) is 41.5 Å². The molecule has 1 aromatic carbocycles.